The lowest BCUT2D eigenvalue weighted by Gasteiger charge is -2.14. The fourth-order valence-corrected chi connectivity index (χ4v) is 3.61. The second kappa shape index (κ2) is 10.0. The Morgan fingerprint density at radius 1 is 0.844 bits per heavy atom. The zero-order chi connectivity index (χ0) is 22.3. The lowest BCUT2D eigenvalue weighted by atomic mass is 10.0. The highest BCUT2D eigenvalue weighted by atomic mass is 16.5. The minimum atomic E-state index is -0.149. The number of carbonyl (C=O) groups excluding carboxylic acids is 1. The van der Waals surface area contributed by atoms with Crippen molar-refractivity contribution in [2.45, 2.75) is 27.0 Å². The lowest BCUT2D eigenvalue weighted by molar-refractivity contribution is 0.0950. The number of rotatable bonds is 8. The van der Waals surface area contributed by atoms with Crippen molar-refractivity contribution in [1.82, 2.24) is 5.32 Å². The summed E-state index contributed by atoms with van der Waals surface area (Å²) in [4.78, 5) is 12.8. The number of hydrogen-bond donors (Lipinski definition) is 1. The monoisotopic (exact) mass is 425 g/mol. The van der Waals surface area contributed by atoms with Crippen molar-refractivity contribution >= 4 is 16.7 Å². The minimum Gasteiger partial charge on any atom is -0.490 e. The number of nitrogens with one attached hydrogen (secondary N) is 1. The topological polar surface area (TPSA) is 47.6 Å². The average molecular weight is 426 g/mol. The molecular formula is C28H27NO3. The van der Waals surface area contributed by atoms with Crippen molar-refractivity contribution in [2.24, 2.45) is 0 Å². The Kier molecular flexibility index (Phi) is 6.71. The summed E-state index contributed by atoms with van der Waals surface area (Å²) >= 11 is 0. The summed E-state index contributed by atoms with van der Waals surface area (Å²) in [5, 5.41) is 5.33. The molecule has 0 fully saturated rings. The largest absolute Gasteiger partial charge is 0.490 e. The minimum absolute atomic E-state index is 0.149. The van der Waals surface area contributed by atoms with Crippen molar-refractivity contribution in [2.75, 3.05) is 6.61 Å². The Bertz CT molecular complexity index is 1210. The van der Waals surface area contributed by atoms with Crippen LogP contribution in [0, 0.1) is 6.92 Å². The summed E-state index contributed by atoms with van der Waals surface area (Å²) in [6.07, 6.45) is 0. The normalized spacial score (nSPS) is 10.7. The molecule has 4 nitrogen and oxygen atoms in total. The Morgan fingerprint density at radius 3 is 2.44 bits per heavy atom. The van der Waals surface area contributed by atoms with Gasteiger partial charge in [0.2, 0.25) is 0 Å². The molecule has 0 spiro atoms. The van der Waals surface area contributed by atoms with Crippen LogP contribution in [-0.4, -0.2) is 12.5 Å². The SMILES string of the molecule is CCOc1cc(C(=O)NCc2cccc3ccccc23)ccc1OCc1ccc(C)cc1. The van der Waals surface area contributed by atoms with Gasteiger partial charge < -0.3 is 14.8 Å². The molecule has 0 bridgehead atoms. The third kappa shape index (κ3) is 5.09. The Morgan fingerprint density at radius 2 is 1.62 bits per heavy atom. The molecule has 1 N–H and O–H groups in total. The van der Waals surface area contributed by atoms with Gasteiger partial charge in [0, 0.05) is 12.1 Å². The van der Waals surface area contributed by atoms with Crippen molar-refractivity contribution in [3.63, 3.8) is 0 Å². The van der Waals surface area contributed by atoms with Crippen LogP contribution < -0.4 is 14.8 Å². The highest BCUT2D eigenvalue weighted by molar-refractivity contribution is 5.95. The standard InChI is InChI=1S/C28H27NO3/c1-3-31-27-17-23(15-16-26(27)32-19-21-13-11-20(2)12-14-21)28(30)29-18-24-9-6-8-22-7-4-5-10-25(22)24/h4-17H,3,18-19H2,1-2H3,(H,29,30). The maximum atomic E-state index is 12.8. The molecule has 0 saturated heterocycles. The second-order valence-corrected chi connectivity index (χ2v) is 7.69. The molecule has 162 valence electrons. The second-order valence-electron chi connectivity index (χ2n) is 7.69. The third-order valence-corrected chi connectivity index (χ3v) is 5.34. The molecular weight excluding hydrogens is 398 g/mol. The molecule has 4 aromatic rings. The van der Waals surface area contributed by atoms with E-state index in [2.05, 4.69) is 42.6 Å². The van der Waals surface area contributed by atoms with Gasteiger partial charge >= 0.3 is 0 Å². The molecule has 0 aliphatic rings. The predicted molar refractivity (Wildman–Crippen MR) is 128 cm³/mol. The molecule has 0 aromatic heterocycles. The number of ether oxygens (including phenoxy) is 2. The van der Waals surface area contributed by atoms with Gasteiger partial charge in [-0.15, -0.1) is 0 Å². The molecule has 0 unspecified atom stereocenters. The van der Waals surface area contributed by atoms with Crippen LogP contribution in [0.25, 0.3) is 10.8 Å². The highest BCUT2D eigenvalue weighted by Gasteiger charge is 2.12. The maximum Gasteiger partial charge on any atom is 0.251 e. The van der Waals surface area contributed by atoms with Crippen LogP contribution >= 0.6 is 0 Å². The third-order valence-electron chi connectivity index (χ3n) is 5.34. The zero-order valence-electron chi connectivity index (χ0n) is 18.4. The van der Waals surface area contributed by atoms with Gasteiger partial charge in [0.05, 0.1) is 6.61 Å². The summed E-state index contributed by atoms with van der Waals surface area (Å²) in [6, 6.07) is 27.8. The van der Waals surface area contributed by atoms with Crippen LogP contribution in [0.4, 0.5) is 0 Å². The first-order valence-electron chi connectivity index (χ1n) is 10.8. The van der Waals surface area contributed by atoms with Gasteiger partial charge in [0.25, 0.3) is 5.91 Å². The molecule has 4 aromatic carbocycles. The van der Waals surface area contributed by atoms with E-state index in [1.54, 1.807) is 18.2 Å². The van der Waals surface area contributed by atoms with Gasteiger partial charge in [-0.2, -0.15) is 0 Å². The molecule has 4 rings (SSSR count). The van der Waals surface area contributed by atoms with Crippen molar-refractivity contribution in [1.29, 1.82) is 0 Å². The first kappa shape index (κ1) is 21.4. The quantitative estimate of drug-likeness (QED) is 0.373. The summed E-state index contributed by atoms with van der Waals surface area (Å²) in [5.41, 5.74) is 3.91. The maximum absolute atomic E-state index is 12.8. The van der Waals surface area contributed by atoms with E-state index in [-0.39, 0.29) is 5.91 Å². The molecule has 0 saturated carbocycles. The predicted octanol–water partition coefficient (Wildman–Crippen LogP) is 6.06. The van der Waals surface area contributed by atoms with E-state index in [1.807, 2.05) is 43.3 Å². The zero-order valence-corrected chi connectivity index (χ0v) is 18.4. The molecule has 0 radical (unpaired) electrons. The summed E-state index contributed by atoms with van der Waals surface area (Å²) in [6.45, 7) is 5.35. The molecule has 32 heavy (non-hydrogen) atoms. The number of hydrogen-bond acceptors (Lipinski definition) is 3. The van der Waals surface area contributed by atoms with E-state index in [9.17, 15) is 4.79 Å². The number of carbonyl (C=O) groups is 1. The number of benzene rings is 4. The van der Waals surface area contributed by atoms with Gasteiger partial charge in [-0.1, -0.05) is 72.3 Å². The fraction of sp³-hybridized carbons (Fsp3) is 0.179. The number of fused-ring (bicyclic) bond motifs is 1. The first-order chi connectivity index (χ1) is 15.6. The molecule has 0 aliphatic heterocycles. The van der Waals surface area contributed by atoms with E-state index in [0.29, 0.717) is 36.8 Å². The summed E-state index contributed by atoms with van der Waals surface area (Å²) in [5.74, 6) is 1.04. The number of amides is 1. The molecule has 1 amide bonds. The smallest absolute Gasteiger partial charge is 0.251 e. The van der Waals surface area contributed by atoms with Gasteiger partial charge in [-0.05, 0) is 53.9 Å². The van der Waals surface area contributed by atoms with Crippen LogP contribution in [0.1, 0.15) is 34.0 Å². The van der Waals surface area contributed by atoms with Crippen LogP contribution in [0.5, 0.6) is 11.5 Å². The first-order valence-corrected chi connectivity index (χ1v) is 10.8. The van der Waals surface area contributed by atoms with Crippen molar-refractivity contribution < 1.29 is 14.3 Å². The van der Waals surface area contributed by atoms with Crippen LogP contribution in [0.15, 0.2) is 84.9 Å². The Balaban J connectivity index is 1.46. The fourth-order valence-electron chi connectivity index (χ4n) is 3.61. The van der Waals surface area contributed by atoms with E-state index in [4.69, 9.17) is 9.47 Å². The summed E-state index contributed by atoms with van der Waals surface area (Å²) < 4.78 is 11.7. The van der Waals surface area contributed by atoms with Gasteiger partial charge in [-0.3, -0.25) is 4.79 Å². The highest BCUT2D eigenvalue weighted by Crippen LogP contribution is 2.29. The average Bonchev–Trinajstić information content (AvgIpc) is 2.83. The molecule has 0 atom stereocenters. The van der Waals surface area contributed by atoms with Crippen LogP contribution in [-0.2, 0) is 13.2 Å². The van der Waals surface area contributed by atoms with Gasteiger partial charge in [0.15, 0.2) is 11.5 Å². The van der Waals surface area contributed by atoms with E-state index < -0.39 is 0 Å². The molecule has 0 aliphatic carbocycles. The Hall–Kier alpha value is -3.79. The van der Waals surface area contributed by atoms with Crippen LogP contribution in [0.2, 0.25) is 0 Å². The van der Waals surface area contributed by atoms with Crippen LogP contribution in [0.3, 0.4) is 0 Å². The van der Waals surface area contributed by atoms with E-state index in [0.717, 1.165) is 21.9 Å². The van der Waals surface area contributed by atoms with Gasteiger partial charge in [-0.25, -0.2) is 0 Å². The van der Waals surface area contributed by atoms with Gasteiger partial charge in [0.1, 0.15) is 6.61 Å². The van der Waals surface area contributed by atoms with Crippen molar-refractivity contribution in [3.05, 3.63) is 107 Å². The Labute approximate surface area is 188 Å². The van der Waals surface area contributed by atoms with Crippen molar-refractivity contribution in [3.8, 4) is 11.5 Å². The van der Waals surface area contributed by atoms with E-state index >= 15 is 0 Å². The number of aryl methyl sites for hydroxylation is 1. The van der Waals surface area contributed by atoms with E-state index in [1.165, 1.54) is 5.56 Å². The lowest BCUT2D eigenvalue weighted by Crippen LogP contribution is -2.23. The molecule has 0 heterocycles. The molecule has 4 heteroatoms. The summed E-state index contributed by atoms with van der Waals surface area (Å²) in [7, 11) is 0.